The van der Waals surface area contributed by atoms with Crippen LogP contribution in [0.3, 0.4) is 0 Å². The van der Waals surface area contributed by atoms with Gasteiger partial charge in [0.15, 0.2) is 0 Å². The molecule has 0 spiro atoms. The zero-order valence-corrected chi connectivity index (χ0v) is 13.6. The van der Waals surface area contributed by atoms with E-state index < -0.39 is 5.97 Å². The molecule has 1 rings (SSSR count). The predicted octanol–water partition coefficient (Wildman–Crippen LogP) is 4.68. The van der Waals surface area contributed by atoms with Crippen LogP contribution in [-0.4, -0.2) is 5.97 Å². The minimum absolute atomic E-state index is 0.362. The van der Waals surface area contributed by atoms with Gasteiger partial charge in [-0.1, -0.05) is 83.1 Å². The molecule has 0 heterocycles. The summed E-state index contributed by atoms with van der Waals surface area (Å²) in [4.78, 5) is 11.3. The van der Waals surface area contributed by atoms with Gasteiger partial charge in [0.05, 0.1) is 5.97 Å². The summed E-state index contributed by atoms with van der Waals surface area (Å²) in [6.07, 6.45) is 10.8. The number of carboxylic acids is 1. The van der Waals surface area contributed by atoms with Crippen molar-refractivity contribution in [2.45, 2.75) is 77.6 Å². The van der Waals surface area contributed by atoms with E-state index >= 15 is 0 Å². The summed E-state index contributed by atoms with van der Waals surface area (Å²) in [5, 5.41) is 11.3. The number of carboxylic acid groups (broad SMARTS) is 1. The standard InChI is InChI=1S/C19H30O2/c1-3-5-7-8-9-13-16(12-6-4-2)17-14-10-11-15-18(17)19(20)21/h10-11,14-16H,3-9,12-13H2,1-2H3,(H,20,21)/p-1. The fourth-order valence-corrected chi connectivity index (χ4v) is 2.94. The summed E-state index contributed by atoms with van der Waals surface area (Å²) in [5.41, 5.74) is 1.36. The topological polar surface area (TPSA) is 40.1 Å². The second kappa shape index (κ2) is 10.4. The van der Waals surface area contributed by atoms with Crippen molar-refractivity contribution >= 4 is 5.97 Å². The summed E-state index contributed by atoms with van der Waals surface area (Å²) >= 11 is 0. The highest BCUT2D eigenvalue weighted by molar-refractivity contribution is 5.87. The molecule has 0 saturated carbocycles. The largest absolute Gasteiger partial charge is 0.545 e. The maximum absolute atomic E-state index is 11.3. The first-order valence-electron chi connectivity index (χ1n) is 8.50. The van der Waals surface area contributed by atoms with E-state index in [0.29, 0.717) is 11.5 Å². The second-order valence-electron chi connectivity index (χ2n) is 5.92. The van der Waals surface area contributed by atoms with Gasteiger partial charge in [0.2, 0.25) is 0 Å². The predicted molar refractivity (Wildman–Crippen MR) is 86.4 cm³/mol. The Morgan fingerprint density at radius 2 is 1.57 bits per heavy atom. The fourth-order valence-electron chi connectivity index (χ4n) is 2.94. The van der Waals surface area contributed by atoms with Crippen molar-refractivity contribution < 1.29 is 9.90 Å². The van der Waals surface area contributed by atoms with Crippen LogP contribution < -0.4 is 5.11 Å². The maximum Gasteiger partial charge on any atom is 0.0718 e. The number of aromatic carboxylic acids is 1. The molecule has 1 unspecified atom stereocenters. The van der Waals surface area contributed by atoms with Crippen molar-refractivity contribution in [2.75, 3.05) is 0 Å². The highest BCUT2D eigenvalue weighted by Gasteiger charge is 2.15. The number of benzene rings is 1. The molecule has 2 heteroatoms. The van der Waals surface area contributed by atoms with Gasteiger partial charge in [0.1, 0.15) is 0 Å². The van der Waals surface area contributed by atoms with Crippen LogP contribution in [0.4, 0.5) is 0 Å². The van der Waals surface area contributed by atoms with Gasteiger partial charge in [0.25, 0.3) is 0 Å². The molecule has 1 aromatic rings. The Bertz CT molecular complexity index is 412. The number of unbranched alkanes of at least 4 members (excludes halogenated alkanes) is 5. The summed E-state index contributed by atoms with van der Waals surface area (Å²) in [7, 11) is 0. The Kier molecular flexibility index (Phi) is 8.80. The summed E-state index contributed by atoms with van der Waals surface area (Å²) in [5.74, 6) is -0.682. The SMILES string of the molecule is CCCCCCCC(CCCC)c1ccccc1C(=O)[O-]. The Balaban J connectivity index is 2.70. The van der Waals surface area contributed by atoms with E-state index in [9.17, 15) is 9.90 Å². The molecule has 0 amide bonds. The number of rotatable bonds is 11. The lowest BCUT2D eigenvalue weighted by Gasteiger charge is -2.21. The van der Waals surface area contributed by atoms with E-state index in [4.69, 9.17) is 0 Å². The highest BCUT2D eigenvalue weighted by atomic mass is 16.4. The Hall–Kier alpha value is -1.31. The zero-order valence-electron chi connectivity index (χ0n) is 13.6. The first kappa shape index (κ1) is 17.7. The number of carbonyl (C=O) groups excluding carboxylic acids is 1. The quantitative estimate of drug-likeness (QED) is 0.555. The molecular formula is C19H29O2-. The third-order valence-corrected chi connectivity index (χ3v) is 4.18. The lowest BCUT2D eigenvalue weighted by Crippen LogP contribution is -2.24. The van der Waals surface area contributed by atoms with E-state index in [2.05, 4.69) is 13.8 Å². The van der Waals surface area contributed by atoms with Crippen molar-refractivity contribution in [1.82, 2.24) is 0 Å². The first-order chi connectivity index (χ1) is 10.2. The molecule has 1 aromatic carbocycles. The Labute approximate surface area is 129 Å². The van der Waals surface area contributed by atoms with E-state index in [1.807, 2.05) is 12.1 Å². The van der Waals surface area contributed by atoms with E-state index in [0.717, 1.165) is 31.2 Å². The monoisotopic (exact) mass is 289 g/mol. The molecule has 0 N–H and O–H groups in total. The van der Waals surface area contributed by atoms with Gasteiger partial charge in [0, 0.05) is 5.56 Å². The molecule has 2 nitrogen and oxygen atoms in total. The Morgan fingerprint density at radius 3 is 2.24 bits per heavy atom. The molecule has 21 heavy (non-hydrogen) atoms. The fraction of sp³-hybridized carbons (Fsp3) is 0.632. The van der Waals surface area contributed by atoms with Crippen molar-refractivity contribution in [3.63, 3.8) is 0 Å². The lowest BCUT2D eigenvalue weighted by molar-refractivity contribution is -0.255. The lowest BCUT2D eigenvalue weighted by atomic mass is 9.86. The molecule has 0 fully saturated rings. The molecule has 0 bridgehead atoms. The first-order valence-corrected chi connectivity index (χ1v) is 8.50. The zero-order chi connectivity index (χ0) is 15.5. The minimum atomic E-state index is -1.04. The minimum Gasteiger partial charge on any atom is -0.545 e. The Morgan fingerprint density at radius 1 is 0.952 bits per heavy atom. The summed E-state index contributed by atoms with van der Waals surface area (Å²) < 4.78 is 0. The molecule has 0 aliphatic rings. The van der Waals surface area contributed by atoms with Crippen molar-refractivity contribution in [3.05, 3.63) is 35.4 Å². The second-order valence-corrected chi connectivity index (χ2v) is 5.92. The molecule has 0 aliphatic carbocycles. The van der Waals surface area contributed by atoms with Gasteiger partial charge in [-0.3, -0.25) is 0 Å². The van der Waals surface area contributed by atoms with Gasteiger partial charge in [-0.15, -0.1) is 0 Å². The van der Waals surface area contributed by atoms with Crippen LogP contribution in [0.25, 0.3) is 0 Å². The normalized spacial score (nSPS) is 12.3. The average molecular weight is 289 g/mol. The molecular weight excluding hydrogens is 260 g/mol. The molecule has 0 aromatic heterocycles. The summed E-state index contributed by atoms with van der Waals surface area (Å²) in [6, 6.07) is 7.38. The van der Waals surface area contributed by atoms with Gasteiger partial charge >= 0.3 is 0 Å². The molecule has 1 atom stereocenters. The molecule has 0 radical (unpaired) electrons. The third kappa shape index (κ3) is 6.33. The number of carbonyl (C=O) groups is 1. The van der Waals surface area contributed by atoms with E-state index in [1.54, 1.807) is 12.1 Å². The average Bonchev–Trinajstić information content (AvgIpc) is 2.50. The van der Waals surface area contributed by atoms with Crippen molar-refractivity contribution in [3.8, 4) is 0 Å². The van der Waals surface area contributed by atoms with Crippen LogP contribution in [-0.2, 0) is 0 Å². The van der Waals surface area contributed by atoms with Crippen LogP contribution in [0.15, 0.2) is 24.3 Å². The molecule has 0 saturated heterocycles. The van der Waals surface area contributed by atoms with Crippen LogP contribution >= 0.6 is 0 Å². The maximum atomic E-state index is 11.3. The van der Waals surface area contributed by atoms with Crippen LogP contribution in [0, 0.1) is 0 Å². The van der Waals surface area contributed by atoms with E-state index in [-0.39, 0.29) is 0 Å². The van der Waals surface area contributed by atoms with Crippen molar-refractivity contribution in [1.29, 1.82) is 0 Å². The van der Waals surface area contributed by atoms with Crippen LogP contribution in [0.2, 0.25) is 0 Å². The molecule has 0 aliphatic heterocycles. The molecule has 118 valence electrons. The van der Waals surface area contributed by atoms with Crippen LogP contribution in [0.5, 0.6) is 0 Å². The number of hydrogen-bond donors (Lipinski definition) is 0. The van der Waals surface area contributed by atoms with Gasteiger partial charge in [-0.25, -0.2) is 0 Å². The van der Waals surface area contributed by atoms with Gasteiger partial charge < -0.3 is 9.90 Å². The smallest absolute Gasteiger partial charge is 0.0718 e. The highest BCUT2D eigenvalue weighted by Crippen LogP contribution is 2.30. The van der Waals surface area contributed by atoms with Gasteiger partial charge in [-0.05, 0) is 24.3 Å². The van der Waals surface area contributed by atoms with Crippen molar-refractivity contribution in [2.24, 2.45) is 0 Å². The number of hydrogen-bond acceptors (Lipinski definition) is 2. The summed E-state index contributed by atoms with van der Waals surface area (Å²) in [6.45, 7) is 4.41. The van der Waals surface area contributed by atoms with E-state index in [1.165, 1.54) is 32.1 Å². The third-order valence-electron chi connectivity index (χ3n) is 4.18. The van der Waals surface area contributed by atoms with Gasteiger partial charge in [-0.2, -0.15) is 0 Å². The van der Waals surface area contributed by atoms with Crippen LogP contribution in [0.1, 0.15) is 93.5 Å².